The molecule has 0 radical (unpaired) electrons. The molecule has 1 aliphatic heterocycles. The summed E-state index contributed by atoms with van der Waals surface area (Å²) in [6.45, 7) is 4.27. The zero-order valence-electron chi connectivity index (χ0n) is 14.7. The van der Waals surface area contributed by atoms with Crippen molar-refractivity contribution in [2.75, 3.05) is 13.2 Å². The van der Waals surface area contributed by atoms with Gasteiger partial charge in [-0.15, -0.1) is 0 Å². The van der Waals surface area contributed by atoms with Crippen LogP contribution in [0.3, 0.4) is 0 Å². The van der Waals surface area contributed by atoms with Gasteiger partial charge in [0.25, 0.3) is 0 Å². The fraction of sp³-hybridized carbons (Fsp3) is 0.882. The third kappa shape index (κ3) is 5.63. The van der Waals surface area contributed by atoms with Crippen LogP contribution in [0.5, 0.6) is 0 Å². The van der Waals surface area contributed by atoms with Gasteiger partial charge in [0.15, 0.2) is 0 Å². The van der Waals surface area contributed by atoms with Gasteiger partial charge in [-0.05, 0) is 46.0 Å². The minimum atomic E-state index is -0.399. The molecule has 7 heteroatoms. The molecule has 4 N–H and O–H groups in total. The summed E-state index contributed by atoms with van der Waals surface area (Å²) in [4.78, 5) is 23.6. The highest BCUT2D eigenvalue weighted by Crippen LogP contribution is 2.26. The van der Waals surface area contributed by atoms with E-state index in [-0.39, 0.29) is 42.7 Å². The first kappa shape index (κ1) is 19.0. The fourth-order valence-corrected chi connectivity index (χ4v) is 3.15. The number of carbonyl (C=O) groups is 2. The van der Waals surface area contributed by atoms with Gasteiger partial charge in [0.2, 0.25) is 5.91 Å². The van der Waals surface area contributed by atoms with Gasteiger partial charge in [0.1, 0.15) is 6.10 Å². The first-order valence-electron chi connectivity index (χ1n) is 9.10. The molecular formula is C17H31N3O4. The molecule has 1 heterocycles. The van der Waals surface area contributed by atoms with E-state index in [1.165, 1.54) is 0 Å². The van der Waals surface area contributed by atoms with E-state index in [9.17, 15) is 14.7 Å². The minimum absolute atomic E-state index is 0.00931. The molecule has 3 atom stereocenters. The smallest absolute Gasteiger partial charge is 0.315 e. The highest BCUT2D eigenvalue weighted by atomic mass is 16.5. The van der Waals surface area contributed by atoms with Gasteiger partial charge in [-0.1, -0.05) is 6.42 Å². The van der Waals surface area contributed by atoms with Crippen LogP contribution in [-0.2, 0) is 9.53 Å². The van der Waals surface area contributed by atoms with Crippen LogP contribution in [0.25, 0.3) is 0 Å². The molecule has 0 aromatic heterocycles. The number of carbonyl (C=O) groups excluding carboxylic acids is 2. The largest absolute Gasteiger partial charge is 0.394 e. The monoisotopic (exact) mass is 341 g/mol. The maximum absolute atomic E-state index is 11.8. The van der Waals surface area contributed by atoms with Gasteiger partial charge in [0.05, 0.1) is 18.8 Å². The third-order valence-corrected chi connectivity index (χ3v) is 4.77. The Hall–Kier alpha value is -1.34. The van der Waals surface area contributed by atoms with Crippen molar-refractivity contribution in [3.05, 3.63) is 0 Å². The molecule has 2 rings (SSSR count). The molecule has 3 amide bonds. The first-order chi connectivity index (χ1) is 11.5. The zero-order valence-corrected chi connectivity index (χ0v) is 14.7. The number of hydrogen-bond donors (Lipinski definition) is 4. The molecule has 1 aliphatic carbocycles. The second-order valence-electron chi connectivity index (χ2n) is 7.14. The Morgan fingerprint density at radius 2 is 1.96 bits per heavy atom. The molecular weight excluding hydrogens is 310 g/mol. The highest BCUT2D eigenvalue weighted by molar-refractivity contribution is 5.79. The summed E-state index contributed by atoms with van der Waals surface area (Å²) < 4.78 is 5.89. The van der Waals surface area contributed by atoms with Crippen LogP contribution in [0.1, 0.15) is 52.4 Å². The van der Waals surface area contributed by atoms with E-state index >= 15 is 0 Å². The van der Waals surface area contributed by atoms with Crippen molar-refractivity contribution in [1.29, 1.82) is 0 Å². The van der Waals surface area contributed by atoms with Crippen LogP contribution in [0, 0.1) is 5.92 Å². The SMILES string of the molecule is CC(C)NC(=O)N[C@@H]1CC[C@H](CCNC(=O)C2CCC2)O[C@@H]1CO. The molecule has 0 spiro atoms. The molecule has 2 fully saturated rings. The zero-order chi connectivity index (χ0) is 17.5. The normalized spacial score (nSPS) is 27.4. The van der Waals surface area contributed by atoms with Gasteiger partial charge in [-0.3, -0.25) is 4.79 Å². The maximum Gasteiger partial charge on any atom is 0.315 e. The van der Waals surface area contributed by atoms with Crippen LogP contribution in [0.4, 0.5) is 4.79 Å². The van der Waals surface area contributed by atoms with Crippen molar-refractivity contribution < 1.29 is 19.4 Å². The summed E-state index contributed by atoms with van der Waals surface area (Å²) in [6, 6.07) is -0.355. The van der Waals surface area contributed by atoms with Crippen LogP contribution >= 0.6 is 0 Å². The number of ether oxygens (including phenoxy) is 1. The molecule has 24 heavy (non-hydrogen) atoms. The third-order valence-electron chi connectivity index (χ3n) is 4.77. The molecule has 0 bridgehead atoms. The minimum Gasteiger partial charge on any atom is -0.394 e. The van der Waals surface area contributed by atoms with Gasteiger partial charge < -0.3 is 25.8 Å². The van der Waals surface area contributed by atoms with Crippen LogP contribution in [-0.4, -0.2) is 54.5 Å². The van der Waals surface area contributed by atoms with E-state index < -0.39 is 6.10 Å². The van der Waals surface area contributed by atoms with Crippen molar-refractivity contribution >= 4 is 11.9 Å². The van der Waals surface area contributed by atoms with Crippen molar-refractivity contribution in [1.82, 2.24) is 16.0 Å². The summed E-state index contributed by atoms with van der Waals surface area (Å²) in [5.74, 6) is 0.358. The second-order valence-corrected chi connectivity index (χ2v) is 7.14. The number of hydrogen-bond acceptors (Lipinski definition) is 4. The molecule has 1 saturated heterocycles. The molecule has 0 aromatic carbocycles. The standard InChI is InChI=1S/C17H31N3O4/c1-11(2)19-17(23)20-14-7-6-13(24-15(14)10-21)8-9-18-16(22)12-4-3-5-12/h11-15,21H,3-10H2,1-2H3,(H,18,22)(H2,19,20,23)/t13-,14-,15-/m1/s1. The molecule has 2 aliphatic rings. The lowest BCUT2D eigenvalue weighted by Crippen LogP contribution is -2.54. The Bertz CT molecular complexity index is 426. The van der Waals surface area contributed by atoms with Crippen molar-refractivity contribution in [3.8, 4) is 0 Å². The second kappa shape index (κ2) is 9.22. The summed E-state index contributed by atoms with van der Waals surface area (Å²) in [7, 11) is 0. The molecule has 0 unspecified atom stereocenters. The lowest BCUT2D eigenvalue weighted by Gasteiger charge is -2.36. The number of aliphatic hydroxyl groups excluding tert-OH is 1. The highest BCUT2D eigenvalue weighted by Gasteiger charge is 2.32. The number of aliphatic hydroxyl groups is 1. The van der Waals surface area contributed by atoms with E-state index in [0.29, 0.717) is 6.54 Å². The summed E-state index contributed by atoms with van der Waals surface area (Å²) in [5, 5.41) is 18.2. The van der Waals surface area contributed by atoms with Gasteiger partial charge in [0, 0.05) is 18.5 Å². The summed E-state index contributed by atoms with van der Waals surface area (Å²) in [6.07, 6.45) is 5.08. The van der Waals surface area contributed by atoms with Crippen LogP contribution in [0.15, 0.2) is 0 Å². The summed E-state index contributed by atoms with van der Waals surface area (Å²) in [5.41, 5.74) is 0. The summed E-state index contributed by atoms with van der Waals surface area (Å²) >= 11 is 0. The average Bonchev–Trinajstić information content (AvgIpc) is 2.45. The Morgan fingerprint density at radius 1 is 1.21 bits per heavy atom. The fourth-order valence-electron chi connectivity index (χ4n) is 3.15. The number of amides is 3. The Labute approximate surface area is 143 Å². The number of nitrogens with one attached hydrogen (secondary N) is 3. The van der Waals surface area contributed by atoms with Crippen molar-refractivity contribution in [3.63, 3.8) is 0 Å². The lowest BCUT2D eigenvalue weighted by atomic mass is 9.85. The Morgan fingerprint density at radius 3 is 2.54 bits per heavy atom. The van der Waals surface area contributed by atoms with Crippen LogP contribution < -0.4 is 16.0 Å². The average molecular weight is 341 g/mol. The molecule has 7 nitrogen and oxygen atoms in total. The van der Waals surface area contributed by atoms with E-state index in [0.717, 1.165) is 38.5 Å². The van der Waals surface area contributed by atoms with E-state index in [1.807, 2.05) is 13.8 Å². The molecule has 1 saturated carbocycles. The van der Waals surface area contributed by atoms with Gasteiger partial charge >= 0.3 is 6.03 Å². The Balaban J connectivity index is 1.69. The van der Waals surface area contributed by atoms with Gasteiger partial charge in [-0.2, -0.15) is 0 Å². The van der Waals surface area contributed by atoms with E-state index in [1.54, 1.807) is 0 Å². The van der Waals surface area contributed by atoms with Crippen molar-refractivity contribution in [2.24, 2.45) is 5.92 Å². The predicted octanol–water partition coefficient (Wildman–Crippen LogP) is 0.909. The Kier molecular flexibility index (Phi) is 7.30. The maximum atomic E-state index is 11.8. The number of rotatable bonds is 7. The predicted molar refractivity (Wildman–Crippen MR) is 90.5 cm³/mol. The topological polar surface area (TPSA) is 99.7 Å². The lowest BCUT2D eigenvalue weighted by molar-refractivity contribution is -0.127. The quantitative estimate of drug-likeness (QED) is 0.553. The van der Waals surface area contributed by atoms with E-state index in [2.05, 4.69) is 16.0 Å². The molecule has 0 aromatic rings. The molecule has 138 valence electrons. The first-order valence-corrected chi connectivity index (χ1v) is 9.10. The van der Waals surface area contributed by atoms with E-state index in [4.69, 9.17) is 4.74 Å². The van der Waals surface area contributed by atoms with Gasteiger partial charge in [-0.25, -0.2) is 4.79 Å². The number of urea groups is 1. The van der Waals surface area contributed by atoms with Crippen LogP contribution in [0.2, 0.25) is 0 Å². The van der Waals surface area contributed by atoms with Crippen molar-refractivity contribution in [2.45, 2.75) is 76.7 Å².